The van der Waals surface area contributed by atoms with Crippen molar-refractivity contribution in [2.24, 2.45) is 0 Å². The van der Waals surface area contributed by atoms with Crippen LogP contribution >= 0.6 is 23.5 Å². The summed E-state index contributed by atoms with van der Waals surface area (Å²) in [5.41, 5.74) is 0. The smallest absolute Gasteiger partial charge is 0.107 e. The largest absolute Gasteiger partial charge is 0.389 e. The molecule has 0 saturated carbocycles. The number of nitrogens with one attached hydrogen (secondary N) is 1. The Hall–Kier alpha value is 0.580. The number of aliphatic hydroxyl groups is 1. The van der Waals surface area contributed by atoms with Crippen LogP contribution in [-0.2, 0) is 0 Å². The van der Waals surface area contributed by atoms with E-state index in [0.717, 1.165) is 25.4 Å². The number of aliphatic hydroxyl groups excluding tert-OH is 1. The molecule has 3 rings (SSSR count). The van der Waals surface area contributed by atoms with Crippen molar-refractivity contribution < 1.29 is 5.11 Å². The van der Waals surface area contributed by atoms with Crippen molar-refractivity contribution in [2.45, 2.75) is 16.2 Å². The molecule has 5 heteroatoms. The Bertz CT molecular complexity index is 235. The van der Waals surface area contributed by atoms with Gasteiger partial charge in [-0.1, -0.05) is 0 Å². The van der Waals surface area contributed by atoms with Crippen molar-refractivity contribution in [3.05, 3.63) is 0 Å². The van der Waals surface area contributed by atoms with E-state index in [4.69, 9.17) is 0 Å². The molecular formula is C9H16N2OS2. The predicted molar refractivity (Wildman–Crippen MR) is 61.9 cm³/mol. The molecule has 3 saturated heterocycles. The summed E-state index contributed by atoms with van der Waals surface area (Å²) in [6, 6.07) is 0. The van der Waals surface area contributed by atoms with E-state index < -0.39 is 0 Å². The van der Waals surface area contributed by atoms with Crippen molar-refractivity contribution in [1.29, 1.82) is 0 Å². The van der Waals surface area contributed by atoms with Gasteiger partial charge in [0.2, 0.25) is 0 Å². The minimum Gasteiger partial charge on any atom is -0.389 e. The third-order valence-electron chi connectivity index (χ3n) is 3.33. The number of thioether (sulfide) groups is 2. The summed E-state index contributed by atoms with van der Waals surface area (Å²) in [7, 11) is 0. The fourth-order valence-electron chi connectivity index (χ4n) is 2.42. The van der Waals surface area contributed by atoms with Gasteiger partial charge in [0, 0.05) is 42.9 Å². The van der Waals surface area contributed by atoms with Gasteiger partial charge in [0.25, 0.3) is 0 Å². The maximum Gasteiger partial charge on any atom is 0.107 e. The highest BCUT2D eigenvalue weighted by Gasteiger charge is 2.62. The number of nitrogens with zero attached hydrogens (tertiary/aromatic N) is 1. The molecule has 2 N–H and O–H groups in total. The zero-order valence-corrected chi connectivity index (χ0v) is 9.74. The van der Waals surface area contributed by atoms with Crippen LogP contribution in [0.5, 0.6) is 0 Å². The molecule has 0 aromatic carbocycles. The normalized spacial score (nSPS) is 48.6. The first kappa shape index (κ1) is 9.78. The molecule has 80 valence electrons. The van der Waals surface area contributed by atoms with Gasteiger partial charge in [0.15, 0.2) is 0 Å². The van der Waals surface area contributed by atoms with Crippen LogP contribution in [-0.4, -0.2) is 63.9 Å². The molecule has 0 aromatic rings. The molecule has 3 aliphatic heterocycles. The molecule has 0 spiro atoms. The Labute approximate surface area is 93.0 Å². The molecule has 4 unspecified atom stereocenters. The molecule has 3 nitrogen and oxygen atoms in total. The highest BCUT2D eigenvalue weighted by molar-refractivity contribution is 8.01. The average molecular weight is 232 g/mol. The van der Waals surface area contributed by atoms with Crippen LogP contribution in [0.4, 0.5) is 0 Å². The molecule has 0 radical (unpaired) electrons. The topological polar surface area (TPSA) is 35.3 Å². The summed E-state index contributed by atoms with van der Waals surface area (Å²) in [6.07, 6.45) is -0.146. The zero-order chi connectivity index (χ0) is 9.60. The fourth-order valence-corrected chi connectivity index (χ4v) is 5.24. The lowest BCUT2D eigenvalue weighted by atomic mass is 10.1. The maximum absolute atomic E-state index is 10.4. The van der Waals surface area contributed by atoms with Gasteiger partial charge >= 0.3 is 0 Å². The van der Waals surface area contributed by atoms with Crippen LogP contribution in [0.2, 0.25) is 0 Å². The van der Waals surface area contributed by atoms with Gasteiger partial charge in [-0.15, -0.1) is 11.8 Å². The molecule has 3 heterocycles. The van der Waals surface area contributed by atoms with E-state index in [1.54, 1.807) is 0 Å². The maximum atomic E-state index is 10.4. The number of fused-ring (bicyclic) bond motifs is 1. The Kier molecular flexibility index (Phi) is 2.49. The van der Waals surface area contributed by atoms with Gasteiger partial charge in [0.1, 0.15) is 4.87 Å². The van der Waals surface area contributed by atoms with Crippen LogP contribution in [0.3, 0.4) is 0 Å². The first-order chi connectivity index (χ1) is 6.83. The summed E-state index contributed by atoms with van der Waals surface area (Å²) in [5, 5.41) is 14.1. The van der Waals surface area contributed by atoms with Crippen LogP contribution in [0.15, 0.2) is 0 Å². The second-order valence-corrected chi connectivity index (χ2v) is 6.92. The molecule has 0 amide bonds. The van der Waals surface area contributed by atoms with E-state index in [1.165, 1.54) is 12.3 Å². The van der Waals surface area contributed by atoms with E-state index in [-0.39, 0.29) is 11.0 Å². The first-order valence-electron chi connectivity index (χ1n) is 5.22. The average Bonchev–Trinajstić information content (AvgIpc) is 2.82. The van der Waals surface area contributed by atoms with Gasteiger partial charge in [-0.05, 0) is 0 Å². The van der Waals surface area contributed by atoms with Crippen molar-refractivity contribution in [3.63, 3.8) is 0 Å². The van der Waals surface area contributed by atoms with Gasteiger partial charge in [-0.25, -0.2) is 0 Å². The minimum absolute atomic E-state index is 0.122. The third-order valence-corrected chi connectivity index (χ3v) is 6.14. The fraction of sp³-hybridized carbons (Fsp3) is 1.00. The lowest BCUT2D eigenvalue weighted by Gasteiger charge is -2.30. The highest BCUT2D eigenvalue weighted by atomic mass is 32.2. The van der Waals surface area contributed by atoms with Crippen LogP contribution in [0, 0.1) is 0 Å². The number of hydrogen-bond acceptors (Lipinski definition) is 5. The summed E-state index contributed by atoms with van der Waals surface area (Å²) >= 11 is 3.89. The van der Waals surface area contributed by atoms with Crippen molar-refractivity contribution in [3.8, 4) is 0 Å². The van der Waals surface area contributed by atoms with Crippen LogP contribution in [0.1, 0.15) is 0 Å². The quantitative estimate of drug-likeness (QED) is 0.645. The minimum atomic E-state index is -0.146. The number of hydrogen-bond donors (Lipinski definition) is 2. The van der Waals surface area contributed by atoms with Crippen molar-refractivity contribution in [2.75, 3.05) is 37.7 Å². The molecule has 3 aliphatic rings. The Morgan fingerprint density at radius 3 is 3.00 bits per heavy atom. The second-order valence-electron chi connectivity index (χ2n) is 4.17. The van der Waals surface area contributed by atoms with Crippen LogP contribution in [0.25, 0.3) is 0 Å². The first-order valence-corrected chi connectivity index (χ1v) is 7.26. The molecule has 4 atom stereocenters. The predicted octanol–water partition coefficient (Wildman–Crippen LogP) is -0.189. The van der Waals surface area contributed by atoms with E-state index in [9.17, 15) is 5.11 Å². The van der Waals surface area contributed by atoms with E-state index in [0.29, 0.717) is 5.25 Å². The molecular weight excluding hydrogens is 216 g/mol. The van der Waals surface area contributed by atoms with Gasteiger partial charge in [0.05, 0.1) is 6.10 Å². The van der Waals surface area contributed by atoms with Crippen molar-refractivity contribution in [1.82, 2.24) is 10.2 Å². The summed E-state index contributed by atoms with van der Waals surface area (Å²) in [5.74, 6) is 2.34. The lowest BCUT2D eigenvalue weighted by Crippen LogP contribution is -2.46. The van der Waals surface area contributed by atoms with E-state index in [1.807, 2.05) is 23.5 Å². The Morgan fingerprint density at radius 1 is 1.50 bits per heavy atom. The number of rotatable bonds is 2. The molecule has 0 aliphatic carbocycles. The van der Waals surface area contributed by atoms with E-state index in [2.05, 4.69) is 10.2 Å². The molecule has 3 fully saturated rings. The van der Waals surface area contributed by atoms with Gasteiger partial charge in [-0.3, -0.25) is 4.90 Å². The monoisotopic (exact) mass is 232 g/mol. The zero-order valence-electron chi connectivity index (χ0n) is 8.11. The summed E-state index contributed by atoms with van der Waals surface area (Å²) in [4.78, 5) is 2.54. The summed E-state index contributed by atoms with van der Waals surface area (Å²) in [6.45, 7) is 4.35. The van der Waals surface area contributed by atoms with Crippen LogP contribution < -0.4 is 5.32 Å². The summed E-state index contributed by atoms with van der Waals surface area (Å²) < 4.78 is 0. The van der Waals surface area contributed by atoms with E-state index >= 15 is 0 Å². The highest BCUT2D eigenvalue weighted by Crippen LogP contribution is 2.52. The Morgan fingerprint density at radius 2 is 2.43 bits per heavy atom. The Balaban J connectivity index is 1.66. The third kappa shape index (κ3) is 1.41. The standard InChI is InChI=1S/C9H16N2OS2/c12-8(7-5-10-1-3-13-7)9-6-11(9)2-4-14-9/h7-8,10,12H,1-6H2. The van der Waals surface area contributed by atoms with Crippen molar-refractivity contribution >= 4 is 23.5 Å². The van der Waals surface area contributed by atoms with Gasteiger partial charge < -0.3 is 10.4 Å². The SMILES string of the molecule is OC(C1CNCCS1)C12CN1CCS2. The second kappa shape index (κ2) is 3.56. The molecule has 0 bridgehead atoms. The lowest BCUT2D eigenvalue weighted by molar-refractivity contribution is 0.142. The molecule has 0 aromatic heterocycles. The molecule has 14 heavy (non-hydrogen) atoms. The van der Waals surface area contributed by atoms with Gasteiger partial charge in [-0.2, -0.15) is 11.8 Å².